The van der Waals surface area contributed by atoms with Crippen LogP contribution in [-0.2, 0) is 19.1 Å². The van der Waals surface area contributed by atoms with Crippen molar-refractivity contribution in [2.45, 2.75) is 5.92 Å². The largest absolute Gasteiger partial charge is 0.468 e. The van der Waals surface area contributed by atoms with Crippen LogP contribution in [0.2, 0.25) is 0 Å². The summed E-state index contributed by atoms with van der Waals surface area (Å²) in [5, 5.41) is 14.2. The van der Waals surface area contributed by atoms with E-state index in [0.717, 1.165) is 14.2 Å². The lowest BCUT2D eigenvalue weighted by Crippen LogP contribution is -2.38. The monoisotopic (exact) mass is 336 g/mol. The Kier molecular flexibility index (Phi) is 5.02. The van der Waals surface area contributed by atoms with Gasteiger partial charge in [0.1, 0.15) is 11.7 Å². The van der Waals surface area contributed by atoms with Gasteiger partial charge in [-0.1, -0.05) is 18.2 Å². The molecular weight excluding hydrogens is 320 g/mol. The third kappa shape index (κ3) is 2.87. The number of hydrogen-bond acceptors (Lipinski definition) is 8. The number of esters is 2. The van der Waals surface area contributed by atoms with Crippen LogP contribution in [0.1, 0.15) is 11.5 Å². The van der Waals surface area contributed by atoms with Crippen LogP contribution < -0.4 is 10.1 Å². The normalized spacial score (nSPS) is 16.1. The summed E-state index contributed by atoms with van der Waals surface area (Å²) >= 11 is 0. The number of fused-ring (bicyclic) bond motifs is 1. The van der Waals surface area contributed by atoms with Crippen molar-refractivity contribution in [1.82, 2.24) is 5.32 Å². The van der Waals surface area contributed by atoms with E-state index in [9.17, 15) is 19.7 Å². The molecule has 1 heterocycles. The van der Waals surface area contributed by atoms with Gasteiger partial charge in [0.15, 0.2) is 5.92 Å². The van der Waals surface area contributed by atoms with E-state index in [2.05, 4.69) is 14.8 Å². The Morgan fingerprint density at radius 2 is 1.83 bits per heavy atom. The maximum Gasteiger partial charge on any atom is 0.321 e. The standard InChI is InChI=1S/C15H16N2O7/c1-16-13-12(17(20)21)10(8-6-4-5-7-9(8)24-13)11(14(18)22-2)15(19)23-3/h4-7,10-11,16H,1-3H3. The van der Waals surface area contributed by atoms with Gasteiger partial charge in [-0.3, -0.25) is 19.7 Å². The average Bonchev–Trinajstić information content (AvgIpc) is 2.60. The molecule has 0 saturated heterocycles. The second-order valence-electron chi connectivity index (χ2n) is 4.86. The molecule has 9 heteroatoms. The summed E-state index contributed by atoms with van der Waals surface area (Å²) in [6.45, 7) is 0. The van der Waals surface area contributed by atoms with Crippen molar-refractivity contribution in [2.24, 2.45) is 5.92 Å². The zero-order valence-electron chi connectivity index (χ0n) is 13.3. The van der Waals surface area contributed by atoms with Gasteiger partial charge in [-0.2, -0.15) is 0 Å². The van der Waals surface area contributed by atoms with E-state index in [1.807, 2.05) is 0 Å². The summed E-state index contributed by atoms with van der Waals surface area (Å²) in [7, 11) is 3.63. The second kappa shape index (κ2) is 6.99. The first-order valence-electron chi connectivity index (χ1n) is 6.95. The van der Waals surface area contributed by atoms with Gasteiger partial charge in [0.2, 0.25) is 0 Å². The first-order chi connectivity index (χ1) is 11.5. The van der Waals surface area contributed by atoms with Crippen LogP contribution in [0.15, 0.2) is 35.8 Å². The van der Waals surface area contributed by atoms with Gasteiger partial charge in [-0.05, 0) is 6.07 Å². The number of nitrogens with zero attached hydrogens (tertiary/aromatic N) is 1. The molecule has 1 unspecified atom stereocenters. The van der Waals surface area contributed by atoms with Crippen LogP contribution in [-0.4, -0.2) is 38.1 Å². The minimum absolute atomic E-state index is 0.151. The van der Waals surface area contributed by atoms with Gasteiger partial charge in [0.05, 0.1) is 19.1 Å². The molecule has 1 aromatic carbocycles. The molecule has 0 spiro atoms. The molecule has 1 aliphatic rings. The minimum atomic E-state index is -1.53. The van der Waals surface area contributed by atoms with E-state index in [4.69, 9.17) is 4.74 Å². The summed E-state index contributed by atoms with van der Waals surface area (Å²) in [4.78, 5) is 35.2. The molecule has 1 aromatic rings. The number of methoxy groups -OCH3 is 2. The molecule has 9 nitrogen and oxygen atoms in total. The average molecular weight is 336 g/mol. The van der Waals surface area contributed by atoms with E-state index in [-0.39, 0.29) is 5.88 Å². The van der Waals surface area contributed by atoms with Gasteiger partial charge in [0.25, 0.3) is 5.88 Å². The smallest absolute Gasteiger partial charge is 0.321 e. The molecule has 0 aromatic heterocycles. The number of ether oxygens (including phenoxy) is 3. The highest BCUT2D eigenvalue weighted by Crippen LogP contribution is 2.43. The number of carbonyl (C=O) groups excluding carboxylic acids is 2. The molecule has 0 aliphatic carbocycles. The molecule has 0 amide bonds. The topological polar surface area (TPSA) is 117 Å². The summed E-state index contributed by atoms with van der Waals surface area (Å²) < 4.78 is 14.8. The van der Waals surface area contributed by atoms with Crippen LogP contribution in [0.4, 0.5) is 0 Å². The molecular formula is C15H16N2O7. The first-order valence-corrected chi connectivity index (χ1v) is 6.95. The summed E-state index contributed by atoms with van der Waals surface area (Å²) in [5.41, 5.74) is -0.124. The van der Waals surface area contributed by atoms with Crippen LogP contribution in [0.5, 0.6) is 5.75 Å². The quantitative estimate of drug-likeness (QED) is 0.363. The van der Waals surface area contributed by atoms with Gasteiger partial charge in [-0.15, -0.1) is 0 Å². The van der Waals surface area contributed by atoms with Gasteiger partial charge in [0, 0.05) is 12.6 Å². The Labute approximate surface area is 137 Å². The second-order valence-corrected chi connectivity index (χ2v) is 4.86. The number of para-hydroxylation sites is 1. The third-order valence-electron chi connectivity index (χ3n) is 3.66. The van der Waals surface area contributed by atoms with E-state index < -0.39 is 34.4 Å². The Balaban J connectivity index is 2.72. The highest BCUT2D eigenvalue weighted by Gasteiger charge is 2.50. The number of nitrogens with one attached hydrogen (secondary N) is 1. The zero-order valence-corrected chi connectivity index (χ0v) is 13.3. The van der Waals surface area contributed by atoms with Crippen LogP contribution in [0.3, 0.4) is 0 Å². The van der Waals surface area contributed by atoms with Crippen molar-refractivity contribution in [3.8, 4) is 5.75 Å². The molecule has 0 bridgehead atoms. The SMILES string of the molecule is CNC1=C([N+](=O)[O-])C(C(C(=O)OC)C(=O)OC)c2ccccc2O1. The zero-order chi connectivity index (χ0) is 17.9. The van der Waals surface area contributed by atoms with E-state index in [1.54, 1.807) is 24.3 Å². The number of allylic oxidation sites excluding steroid dienone is 1. The highest BCUT2D eigenvalue weighted by atomic mass is 16.6. The van der Waals surface area contributed by atoms with Crippen LogP contribution >= 0.6 is 0 Å². The maximum atomic E-state index is 12.2. The van der Waals surface area contributed by atoms with E-state index in [1.165, 1.54) is 7.05 Å². The molecule has 0 radical (unpaired) electrons. The van der Waals surface area contributed by atoms with Crippen molar-refractivity contribution in [2.75, 3.05) is 21.3 Å². The highest BCUT2D eigenvalue weighted by molar-refractivity contribution is 5.96. The molecule has 1 N–H and O–H groups in total. The fourth-order valence-corrected chi connectivity index (χ4v) is 2.62. The lowest BCUT2D eigenvalue weighted by molar-refractivity contribution is -0.435. The molecule has 1 aliphatic heterocycles. The Bertz CT molecular complexity index is 698. The predicted octanol–water partition coefficient (Wildman–Crippen LogP) is 0.790. The fraction of sp³-hybridized carbons (Fsp3) is 0.333. The molecule has 128 valence electrons. The summed E-state index contributed by atoms with van der Waals surface area (Å²) in [5.74, 6) is -4.46. The Morgan fingerprint density at radius 1 is 1.25 bits per heavy atom. The third-order valence-corrected chi connectivity index (χ3v) is 3.66. The van der Waals surface area contributed by atoms with Crippen molar-refractivity contribution >= 4 is 11.9 Å². The first kappa shape index (κ1) is 17.3. The van der Waals surface area contributed by atoms with Crippen LogP contribution in [0, 0.1) is 16.0 Å². The van der Waals surface area contributed by atoms with Crippen molar-refractivity contribution < 1.29 is 28.7 Å². The Morgan fingerprint density at radius 3 is 2.33 bits per heavy atom. The fourth-order valence-electron chi connectivity index (χ4n) is 2.62. The lowest BCUT2D eigenvalue weighted by Gasteiger charge is -2.28. The van der Waals surface area contributed by atoms with Gasteiger partial charge >= 0.3 is 17.6 Å². The molecule has 1 atom stereocenters. The van der Waals surface area contributed by atoms with Crippen molar-refractivity contribution in [3.63, 3.8) is 0 Å². The molecule has 24 heavy (non-hydrogen) atoms. The number of hydrogen-bond donors (Lipinski definition) is 1. The summed E-state index contributed by atoms with van der Waals surface area (Å²) in [6, 6.07) is 6.44. The predicted molar refractivity (Wildman–Crippen MR) is 80.4 cm³/mol. The van der Waals surface area contributed by atoms with Crippen molar-refractivity contribution in [1.29, 1.82) is 0 Å². The van der Waals surface area contributed by atoms with E-state index >= 15 is 0 Å². The lowest BCUT2D eigenvalue weighted by atomic mass is 9.81. The minimum Gasteiger partial charge on any atom is -0.468 e. The number of carbonyl (C=O) groups is 2. The number of nitro groups is 1. The van der Waals surface area contributed by atoms with Crippen LogP contribution in [0.25, 0.3) is 0 Å². The Hall–Kier alpha value is -3.10. The van der Waals surface area contributed by atoms with Gasteiger partial charge < -0.3 is 19.5 Å². The van der Waals surface area contributed by atoms with E-state index in [0.29, 0.717) is 11.3 Å². The van der Waals surface area contributed by atoms with Gasteiger partial charge in [-0.25, -0.2) is 0 Å². The molecule has 0 fully saturated rings. The van der Waals surface area contributed by atoms with Crippen molar-refractivity contribution in [3.05, 3.63) is 51.5 Å². The molecule has 0 saturated carbocycles. The number of benzene rings is 1. The maximum absolute atomic E-state index is 12.2. The number of rotatable bonds is 5. The molecule has 2 rings (SSSR count). The summed E-state index contributed by atoms with van der Waals surface area (Å²) in [6.07, 6.45) is 0.